The molecule has 0 saturated heterocycles. The zero-order chi connectivity index (χ0) is 14.4. The molecule has 1 aromatic carbocycles. The maximum Gasteiger partial charge on any atom is 0.0948 e. The van der Waals surface area contributed by atoms with E-state index in [1.807, 2.05) is 6.07 Å². The van der Waals surface area contributed by atoms with Crippen molar-refractivity contribution in [2.24, 2.45) is 5.92 Å². The van der Waals surface area contributed by atoms with Gasteiger partial charge in [-0.05, 0) is 13.0 Å². The zero-order valence-corrected chi connectivity index (χ0v) is 13.4. The highest BCUT2D eigenvalue weighted by Crippen LogP contribution is 2.24. The number of thiazole rings is 1. The smallest absolute Gasteiger partial charge is 0.0948 e. The molecule has 0 aliphatic heterocycles. The molecule has 0 spiro atoms. The SMILES string of the molecule is CCC(CC)C(Cc1nc(-c2ccccc2)cs1)NC. The molecule has 2 aromatic rings. The van der Waals surface area contributed by atoms with Crippen LogP contribution in [0.15, 0.2) is 35.7 Å². The van der Waals surface area contributed by atoms with E-state index in [4.69, 9.17) is 4.98 Å². The van der Waals surface area contributed by atoms with Gasteiger partial charge in [0.15, 0.2) is 0 Å². The quantitative estimate of drug-likeness (QED) is 0.818. The van der Waals surface area contributed by atoms with Crippen molar-refractivity contribution < 1.29 is 0 Å². The van der Waals surface area contributed by atoms with Gasteiger partial charge in [-0.1, -0.05) is 57.0 Å². The van der Waals surface area contributed by atoms with Gasteiger partial charge in [0.1, 0.15) is 0 Å². The van der Waals surface area contributed by atoms with E-state index < -0.39 is 0 Å². The Morgan fingerprint density at radius 3 is 2.45 bits per heavy atom. The lowest BCUT2D eigenvalue weighted by Crippen LogP contribution is -2.35. The van der Waals surface area contributed by atoms with E-state index in [1.54, 1.807) is 11.3 Å². The van der Waals surface area contributed by atoms with Gasteiger partial charge in [-0.15, -0.1) is 11.3 Å². The molecule has 108 valence electrons. The first-order valence-electron chi connectivity index (χ1n) is 7.45. The number of nitrogens with one attached hydrogen (secondary N) is 1. The molecule has 0 aliphatic carbocycles. The lowest BCUT2D eigenvalue weighted by Gasteiger charge is -2.23. The van der Waals surface area contributed by atoms with Crippen LogP contribution in [0.2, 0.25) is 0 Å². The largest absolute Gasteiger partial charge is 0.316 e. The van der Waals surface area contributed by atoms with Crippen molar-refractivity contribution in [3.8, 4) is 11.3 Å². The first-order chi connectivity index (χ1) is 9.78. The molecule has 1 heterocycles. The van der Waals surface area contributed by atoms with Gasteiger partial charge in [-0.25, -0.2) is 4.98 Å². The fourth-order valence-corrected chi connectivity index (χ4v) is 3.56. The molecule has 1 atom stereocenters. The van der Waals surface area contributed by atoms with Gasteiger partial charge in [0, 0.05) is 23.4 Å². The summed E-state index contributed by atoms with van der Waals surface area (Å²) in [5.74, 6) is 0.726. The topological polar surface area (TPSA) is 24.9 Å². The van der Waals surface area contributed by atoms with Crippen LogP contribution in [-0.2, 0) is 6.42 Å². The number of likely N-dealkylation sites (N-methyl/N-ethyl adjacent to an activating group) is 1. The molecule has 0 fully saturated rings. The standard InChI is InChI=1S/C17H24N2S/c1-4-13(5-2)15(18-3)11-17-19-16(12-20-17)14-9-7-6-8-10-14/h6-10,12-13,15,18H,4-5,11H2,1-3H3. The molecule has 3 heteroatoms. The first-order valence-corrected chi connectivity index (χ1v) is 8.33. The minimum atomic E-state index is 0.528. The fourth-order valence-electron chi connectivity index (χ4n) is 2.70. The molecule has 20 heavy (non-hydrogen) atoms. The molecule has 1 aromatic heterocycles. The summed E-state index contributed by atoms with van der Waals surface area (Å²) in [4.78, 5) is 4.80. The highest BCUT2D eigenvalue weighted by atomic mass is 32.1. The van der Waals surface area contributed by atoms with Crippen LogP contribution in [-0.4, -0.2) is 18.1 Å². The summed E-state index contributed by atoms with van der Waals surface area (Å²) in [5, 5.41) is 6.87. The molecule has 0 bridgehead atoms. The minimum absolute atomic E-state index is 0.528. The molecule has 2 rings (SSSR count). The highest BCUT2D eigenvalue weighted by molar-refractivity contribution is 7.09. The minimum Gasteiger partial charge on any atom is -0.316 e. The number of aromatic nitrogens is 1. The number of hydrogen-bond acceptors (Lipinski definition) is 3. The van der Waals surface area contributed by atoms with E-state index in [0.717, 1.165) is 18.0 Å². The Hall–Kier alpha value is -1.19. The van der Waals surface area contributed by atoms with Crippen LogP contribution in [0.3, 0.4) is 0 Å². The maximum absolute atomic E-state index is 4.80. The Morgan fingerprint density at radius 1 is 1.15 bits per heavy atom. The fraction of sp³-hybridized carbons (Fsp3) is 0.471. The van der Waals surface area contributed by atoms with Gasteiger partial charge in [0.05, 0.1) is 10.7 Å². The predicted octanol–water partition coefficient (Wildman–Crippen LogP) is 4.38. The highest BCUT2D eigenvalue weighted by Gasteiger charge is 2.18. The monoisotopic (exact) mass is 288 g/mol. The number of nitrogens with zero attached hydrogens (tertiary/aromatic N) is 1. The van der Waals surface area contributed by atoms with Crippen LogP contribution < -0.4 is 5.32 Å². The van der Waals surface area contributed by atoms with Crippen LogP contribution in [0.1, 0.15) is 31.7 Å². The Kier molecular flexibility index (Phi) is 5.74. The van der Waals surface area contributed by atoms with Crippen LogP contribution in [0.4, 0.5) is 0 Å². The molecule has 2 nitrogen and oxygen atoms in total. The normalized spacial score (nSPS) is 12.8. The number of hydrogen-bond donors (Lipinski definition) is 1. The number of benzene rings is 1. The Balaban J connectivity index is 2.09. The van der Waals surface area contributed by atoms with E-state index in [0.29, 0.717) is 6.04 Å². The summed E-state index contributed by atoms with van der Waals surface area (Å²) >= 11 is 1.78. The van der Waals surface area contributed by atoms with E-state index in [1.165, 1.54) is 23.4 Å². The zero-order valence-electron chi connectivity index (χ0n) is 12.6. The van der Waals surface area contributed by atoms with E-state index in [-0.39, 0.29) is 0 Å². The van der Waals surface area contributed by atoms with Crippen molar-refractivity contribution >= 4 is 11.3 Å². The lowest BCUT2D eigenvalue weighted by atomic mass is 9.92. The lowest BCUT2D eigenvalue weighted by molar-refractivity contribution is 0.349. The molecule has 0 radical (unpaired) electrons. The third-order valence-electron chi connectivity index (χ3n) is 4.00. The van der Waals surface area contributed by atoms with E-state index >= 15 is 0 Å². The van der Waals surface area contributed by atoms with Crippen molar-refractivity contribution in [3.05, 3.63) is 40.7 Å². The second-order valence-electron chi connectivity index (χ2n) is 5.17. The van der Waals surface area contributed by atoms with Crippen molar-refractivity contribution in [2.75, 3.05) is 7.05 Å². The van der Waals surface area contributed by atoms with Crippen LogP contribution in [0.5, 0.6) is 0 Å². The molecular weight excluding hydrogens is 264 g/mol. The van der Waals surface area contributed by atoms with Crippen LogP contribution in [0, 0.1) is 5.92 Å². The second kappa shape index (κ2) is 7.55. The molecule has 0 aliphatic rings. The third kappa shape index (κ3) is 3.68. The summed E-state index contributed by atoms with van der Waals surface area (Å²) in [6, 6.07) is 10.9. The summed E-state index contributed by atoms with van der Waals surface area (Å²) < 4.78 is 0. The van der Waals surface area contributed by atoms with Gasteiger partial charge in [-0.3, -0.25) is 0 Å². The van der Waals surface area contributed by atoms with Crippen molar-refractivity contribution in [2.45, 2.75) is 39.2 Å². The Bertz CT molecular complexity index is 503. The predicted molar refractivity (Wildman–Crippen MR) is 88.2 cm³/mol. The molecule has 0 saturated carbocycles. The van der Waals surface area contributed by atoms with Gasteiger partial charge in [0.25, 0.3) is 0 Å². The second-order valence-corrected chi connectivity index (χ2v) is 6.11. The third-order valence-corrected chi connectivity index (χ3v) is 4.88. The summed E-state index contributed by atoms with van der Waals surface area (Å²) in [6.45, 7) is 4.55. The summed E-state index contributed by atoms with van der Waals surface area (Å²) in [5.41, 5.74) is 2.31. The van der Waals surface area contributed by atoms with Crippen LogP contribution >= 0.6 is 11.3 Å². The molecule has 1 unspecified atom stereocenters. The molecule has 0 amide bonds. The Morgan fingerprint density at radius 2 is 1.85 bits per heavy atom. The van der Waals surface area contributed by atoms with E-state index in [2.05, 4.69) is 55.9 Å². The molecule has 1 N–H and O–H groups in total. The van der Waals surface area contributed by atoms with Gasteiger partial charge >= 0.3 is 0 Å². The average molecular weight is 288 g/mol. The maximum atomic E-state index is 4.80. The van der Waals surface area contributed by atoms with Crippen LogP contribution in [0.25, 0.3) is 11.3 Å². The average Bonchev–Trinajstić information content (AvgIpc) is 2.97. The number of rotatable bonds is 7. The van der Waals surface area contributed by atoms with Crippen molar-refractivity contribution in [1.29, 1.82) is 0 Å². The van der Waals surface area contributed by atoms with Crippen molar-refractivity contribution in [1.82, 2.24) is 10.3 Å². The van der Waals surface area contributed by atoms with Gasteiger partial charge < -0.3 is 5.32 Å². The Labute approximate surface area is 126 Å². The summed E-state index contributed by atoms with van der Waals surface area (Å²) in [7, 11) is 2.06. The van der Waals surface area contributed by atoms with E-state index in [9.17, 15) is 0 Å². The first kappa shape index (κ1) is 15.2. The van der Waals surface area contributed by atoms with Gasteiger partial charge in [-0.2, -0.15) is 0 Å². The summed E-state index contributed by atoms with van der Waals surface area (Å²) in [6.07, 6.45) is 3.47. The molecular formula is C17H24N2S. The van der Waals surface area contributed by atoms with Crippen molar-refractivity contribution in [3.63, 3.8) is 0 Å². The van der Waals surface area contributed by atoms with Gasteiger partial charge in [0.2, 0.25) is 0 Å².